The van der Waals surface area contributed by atoms with E-state index in [0.29, 0.717) is 17.3 Å². The fraction of sp³-hybridized carbons (Fsp3) is 0.308. The molecule has 0 aliphatic rings. The third kappa shape index (κ3) is 2.40. The second-order valence-electron chi connectivity index (χ2n) is 3.95. The van der Waals surface area contributed by atoms with Crippen LogP contribution in [0.3, 0.4) is 0 Å². The summed E-state index contributed by atoms with van der Waals surface area (Å²) in [6, 6.07) is 3.71. The predicted octanol–water partition coefficient (Wildman–Crippen LogP) is 2.93. The molecule has 6 heteroatoms. The Morgan fingerprint density at radius 2 is 1.89 bits per heavy atom. The summed E-state index contributed by atoms with van der Waals surface area (Å²) in [5.74, 6) is 1.94. The van der Waals surface area contributed by atoms with Crippen LogP contribution in [-0.2, 0) is 6.54 Å². The minimum atomic E-state index is 0.635. The second kappa shape index (κ2) is 5.52. The van der Waals surface area contributed by atoms with Crippen LogP contribution in [0.5, 0.6) is 11.5 Å². The molecule has 0 bridgehead atoms. The average Bonchev–Trinajstić information content (AvgIpc) is 2.79. The summed E-state index contributed by atoms with van der Waals surface area (Å²) in [7, 11) is 3.20. The Hall–Kier alpha value is -1.69. The number of benzene rings is 1. The Morgan fingerprint density at radius 3 is 2.42 bits per heavy atom. The number of aryl methyl sites for hydroxylation is 1. The minimum absolute atomic E-state index is 0.635. The van der Waals surface area contributed by atoms with Crippen LogP contribution in [0.25, 0.3) is 11.3 Å². The fourth-order valence-corrected chi connectivity index (χ4v) is 2.40. The third-order valence-corrected chi connectivity index (χ3v) is 3.60. The molecule has 2 N–H and O–H groups in total. The van der Waals surface area contributed by atoms with Gasteiger partial charge in [-0.2, -0.15) is 0 Å². The predicted molar refractivity (Wildman–Crippen MR) is 78.6 cm³/mol. The Balaban J connectivity index is 2.58. The highest BCUT2D eigenvalue weighted by molar-refractivity contribution is 9.10. The van der Waals surface area contributed by atoms with E-state index in [1.54, 1.807) is 20.5 Å². The van der Waals surface area contributed by atoms with Gasteiger partial charge in [-0.1, -0.05) is 0 Å². The Kier molecular flexibility index (Phi) is 3.99. The molecule has 2 rings (SSSR count). The Labute approximate surface area is 120 Å². The molecule has 2 aromatic rings. The Bertz CT molecular complexity index is 596. The van der Waals surface area contributed by atoms with Gasteiger partial charge in [0.1, 0.15) is 11.5 Å². The number of rotatable bonds is 4. The first-order chi connectivity index (χ1) is 9.12. The molecule has 1 heterocycles. The molecule has 0 unspecified atom stereocenters. The molecule has 0 radical (unpaired) electrons. The van der Waals surface area contributed by atoms with Gasteiger partial charge in [0.2, 0.25) is 0 Å². The van der Waals surface area contributed by atoms with E-state index in [-0.39, 0.29) is 0 Å². The van der Waals surface area contributed by atoms with Gasteiger partial charge in [0, 0.05) is 16.6 Å². The van der Waals surface area contributed by atoms with Crippen molar-refractivity contribution in [1.82, 2.24) is 9.55 Å². The van der Waals surface area contributed by atoms with Crippen LogP contribution in [0.15, 0.2) is 22.9 Å². The monoisotopic (exact) mass is 325 g/mol. The minimum Gasteiger partial charge on any atom is -0.493 e. The largest absolute Gasteiger partial charge is 0.493 e. The third-order valence-electron chi connectivity index (χ3n) is 2.95. The molecule has 102 valence electrons. The van der Waals surface area contributed by atoms with Crippen molar-refractivity contribution < 1.29 is 9.47 Å². The van der Waals surface area contributed by atoms with Crippen molar-refractivity contribution in [3.8, 4) is 22.8 Å². The molecule has 0 saturated heterocycles. The maximum atomic E-state index is 6.08. The normalized spacial score (nSPS) is 10.5. The summed E-state index contributed by atoms with van der Waals surface area (Å²) in [5.41, 5.74) is 7.69. The summed E-state index contributed by atoms with van der Waals surface area (Å²) >= 11 is 3.51. The lowest BCUT2D eigenvalue weighted by atomic mass is 10.1. The van der Waals surface area contributed by atoms with Gasteiger partial charge in [0.05, 0.1) is 20.5 Å². The first-order valence-electron chi connectivity index (χ1n) is 5.84. The zero-order chi connectivity index (χ0) is 14.0. The molecule has 1 aromatic heterocycles. The zero-order valence-corrected chi connectivity index (χ0v) is 12.7. The number of methoxy groups -OCH3 is 2. The summed E-state index contributed by atoms with van der Waals surface area (Å²) in [5, 5.41) is 0. The average molecular weight is 326 g/mol. The molecular weight excluding hydrogens is 310 g/mol. The number of nitrogen functional groups attached to an aromatic ring is 1. The number of halogens is 1. The van der Waals surface area contributed by atoms with Gasteiger partial charge in [-0.15, -0.1) is 0 Å². The van der Waals surface area contributed by atoms with E-state index in [2.05, 4.69) is 20.9 Å². The van der Waals surface area contributed by atoms with E-state index in [1.165, 1.54) is 0 Å². The van der Waals surface area contributed by atoms with Gasteiger partial charge < -0.3 is 19.8 Å². The molecule has 0 aliphatic heterocycles. The number of anilines is 1. The van der Waals surface area contributed by atoms with Crippen LogP contribution in [0, 0.1) is 0 Å². The number of hydrogen-bond acceptors (Lipinski definition) is 4. The molecule has 5 nitrogen and oxygen atoms in total. The molecule has 0 aliphatic carbocycles. The summed E-state index contributed by atoms with van der Waals surface area (Å²) in [6.45, 7) is 2.80. The molecule has 0 saturated carbocycles. The first kappa shape index (κ1) is 13.7. The number of aromatic nitrogens is 2. The maximum absolute atomic E-state index is 6.08. The standard InChI is InChI=1S/C13H16BrN3O2/c1-4-17-7-16-12(13(17)15)8-5-10(18-2)11(19-3)6-9(8)14/h5-7H,4,15H2,1-3H3. The topological polar surface area (TPSA) is 62.3 Å². The smallest absolute Gasteiger partial charge is 0.161 e. The highest BCUT2D eigenvalue weighted by Gasteiger charge is 2.16. The van der Waals surface area contributed by atoms with Crippen LogP contribution in [0.1, 0.15) is 6.92 Å². The van der Waals surface area contributed by atoms with E-state index in [1.807, 2.05) is 23.6 Å². The fourth-order valence-electron chi connectivity index (χ4n) is 1.89. The molecular formula is C13H16BrN3O2. The van der Waals surface area contributed by atoms with Crippen LogP contribution in [-0.4, -0.2) is 23.8 Å². The quantitative estimate of drug-likeness (QED) is 0.938. The van der Waals surface area contributed by atoms with Crippen molar-refractivity contribution >= 4 is 21.7 Å². The van der Waals surface area contributed by atoms with Crippen molar-refractivity contribution in [2.75, 3.05) is 20.0 Å². The summed E-state index contributed by atoms with van der Waals surface area (Å²) in [4.78, 5) is 4.36. The van der Waals surface area contributed by atoms with E-state index >= 15 is 0 Å². The highest BCUT2D eigenvalue weighted by atomic mass is 79.9. The number of imidazole rings is 1. The van der Waals surface area contributed by atoms with Crippen LogP contribution in [0.2, 0.25) is 0 Å². The number of nitrogens with two attached hydrogens (primary N) is 1. The van der Waals surface area contributed by atoms with E-state index in [4.69, 9.17) is 15.2 Å². The van der Waals surface area contributed by atoms with Crippen LogP contribution in [0.4, 0.5) is 5.82 Å². The lowest BCUT2D eigenvalue weighted by molar-refractivity contribution is 0.355. The van der Waals surface area contributed by atoms with Gasteiger partial charge in [0.15, 0.2) is 11.5 Å². The number of hydrogen-bond donors (Lipinski definition) is 1. The number of ether oxygens (including phenoxy) is 2. The lowest BCUT2D eigenvalue weighted by Gasteiger charge is -2.11. The zero-order valence-electron chi connectivity index (χ0n) is 11.1. The van der Waals surface area contributed by atoms with Crippen LogP contribution >= 0.6 is 15.9 Å². The summed E-state index contributed by atoms with van der Waals surface area (Å²) < 4.78 is 13.3. The highest BCUT2D eigenvalue weighted by Crippen LogP contribution is 2.39. The van der Waals surface area contributed by atoms with Crippen molar-refractivity contribution in [2.45, 2.75) is 13.5 Å². The van der Waals surface area contributed by atoms with E-state index < -0.39 is 0 Å². The molecule has 0 fully saturated rings. The van der Waals surface area contributed by atoms with Gasteiger partial charge in [-0.3, -0.25) is 0 Å². The van der Waals surface area contributed by atoms with E-state index in [9.17, 15) is 0 Å². The molecule has 0 amide bonds. The number of nitrogens with zero attached hydrogens (tertiary/aromatic N) is 2. The second-order valence-corrected chi connectivity index (χ2v) is 4.81. The van der Waals surface area contributed by atoms with Crippen molar-refractivity contribution in [1.29, 1.82) is 0 Å². The molecule has 1 aromatic carbocycles. The van der Waals surface area contributed by atoms with Gasteiger partial charge >= 0.3 is 0 Å². The maximum Gasteiger partial charge on any atom is 0.161 e. The van der Waals surface area contributed by atoms with E-state index in [0.717, 1.165) is 22.3 Å². The van der Waals surface area contributed by atoms with Crippen molar-refractivity contribution in [3.63, 3.8) is 0 Å². The van der Waals surface area contributed by atoms with Crippen molar-refractivity contribution in [2.24, 2.45) is 0 Å². The molecule has 19 heavy (non-hydrogen) atoms. The lowest BCUT2D eigenvalue weighted by Crippen LogP contribution is -2.00. The van der Waals surface area contributed by atoms with Gasteiger partial charge in [0.25, 0.3) is 0 Å². The van der Waals surface area contributed by atoms with Gasteiger partial charge in [-0.25, -0.2) is 4.98 Å². The first-order valence-corrected chi connectivity index (χ1v) is 6.64. The van der Waals surface area contributed by atoms with Crippen molar-refractivity contribution in [3.05, 3.63) is 22.9 Å². The SMILES string of the molecule is CCn1cnc(-c2cc(OC)c(OC)cc2Br)c1N. The Morgan fingerprint density at radius 1 is 1.26 bits per heavy atom. The van der Waals surface area contributed by atoms with Crippen LogP contribution < -0.4 is 15.2 Å². The van der Waals surface area contributed by atoms with Gasteiger partial charge in [-0.05, 0) is 35.0 Å². The molecule has 0 atom stereocenters. The molecule has 0 spiro atoms. The summed E-state index contributed by atoms with van der Waals surface area (Å²) in [6.07, 6.45) is 1.73.